The topological polar surface area (TPSA) is 69.4 Å². The first-order valence-corrected chi connectivity index (χ1v) is 7.75. The number of fused-ring (bicyclic) bond motifs is 1. The fraction of sp³-hybridized carbons (Fsp3) is 0.0588. The molecule has 7 heteroatoms. The molecule has 0 spiro atoms. The first kappa shape index (κ1) is 14.7. The summed E-state index contributed by atoms with van der Waals surface area (Å²) in [5.41, 5.74) is 2.60. The highest BCUT2D eigenvalue weighted by atomic mass is 35.5. The summed E-state index contributed by atoms with van der Waals surface area (Å²) in [5, 5.41) is 10.7. The van der Waals surface area contributed by atoms with Gasteiger partial charge in [0.25, 0.3) is 0 Å². The summed E-state index contributed by atoms with van der Waals surface area (Å²) in [6, 6.07) is 11.3. The molecule has 24 heavy (non-hydrogen) atoms. The first-order valence-electron chi connectivity index (χ1n) is 7.37. The number of nitrogens with zero attached hydrogens (tertiary/aromatic N) is 2. The predicted octanol–water partition coefficient (Wildman–Crippen LogP) is 4.36. The fourth-order valence-electron chi connectivity index (χ4n) is 2.62. The van der Waals surface area contributed by atoms with Gasteiger partial charge in [-0.05, 0) is 11.6 Å². The number of aromatic nitrogens is 4. The van der Waals surface area contributed by atoms with Gasteiger partial charge in [0.05, 0.1) is 23.6 Å². The molecule has 0 saturated carbocycles. The predicted molar refractivity (Wildman–Crippen MR) is 92.4 cm³/mol. The van der Waals surface area contributed by atoms with E-state index < -0.39 is 5.82 Å². The van der Waals surface area contributed by atoms with Gasteiger partial charge < -0.3 is 10.3 Å². The Morgan fingerprint density at radius 2 is 2.04 bits per heavy atom. The van der Waals surface area contributed by atoms with Crippen LogP contribution in [0.2, 0.25) is 5.02 Å². The normalized spacial score (nSPS) is 11.1. The maximum atomic E-state index is 14.6. The number of benzene rings is 2. The lowest BCUT2D eigenvalue weighted by Crippen LogP contribution is -2.00. The summed E-state index contributed by atoms with van der Waals surface area (Å²) in [4.78, 5) is 7.03. The van der Waals surface area contributed by atoms with Gasteiger partial charge in [-0.1, -0.05) is 41.9 Å². The monoisotopic (exact) mass is 341 g/mol. The fourth-order valence-corrected chi connectivity index (χ4v) is 2.88. The van der Waals surface area contributed by atoms with Crippen LogP contribution in [0.1, 0.15) is 5.69 Å². The molecule has 0 amide bonds. The summed E-state index contributed by atoms with van der Waals surface area (Å²) < 4.78 is 14.6. The largest absolute Gasteiger partial charge is 0.362 e. The first-order chi connectivity index (χ1) is 11.7. The van der Waals surface area contributed by atoms with Crippen LogP contribution >= 0.6 is 11.6 Å². The van der Waals surface area contributed by atoms with Gasteiger partial charge in [0.1, 0.15) is 5.52 Å². The van der Waals surface area contributed by atoms with Crippen molar-refractivity contribution < 1.29 is 4.39 Å². The van der Waals surface area contributed by atoms with Crippen molar-refractivity contribution in [3.05, 3.63) is 65.5 Å². The Morgan fingerprint density at radius 1 is 1.21 bits per heavy atom. The molecule has 0 bridgehead atoms. The number of rotatable bonds is 4. The molecule has 2 heterocycles. The number of anilines is 1. The molecular weight excluding hydrogens is 329 g/mol. The average Bonchev–Trinajstić information content (AvgIpc) is 3.26. The van der Waals surface area contributed by atoms with Gasteiger partial charge in [-0.25, -0.2) is 9.37 Å². The Kier molecular flexibility index (Phi) is 3.66. The van der Waals surface area contributed by atoms with Crippen molar-refractivity contribution in [1.82, 2.24) is 20.2 Å². The van der Waals surface area contributed by atoms with Crippen LogP contribution in [-0.2, 0) is 6.54 Å². The van der Waals surface area contributed by atoms with Gasteiger partial charge in [-0.3, -0.25) is 5.10 Å². The van der Waals surface area contributed by atoms with Crippen LogP contribution < -0.4 is 5.32 Å². The Bertz CT molecular complexity index is 979. The molecule has 3 N–H and O–H groups in total. The zero-order chi connectivity index (χ0) is 16.5. The van der Waals surface area contributed by atoms with E-state index in [1.165, 1.54) is 0 Å². The second kappa shape index (κ2) is 5.98. The molecule has 0 atom stereocenters. The van der Waals surface area contributed by atoms with E-state index in [2.05, 4.69) is 25.5 Å². The number of halogens is 2. The highest BCUT2D eigenvalue weighted by Crippen LogP contribution is 2.36. The van der Waals surface area contributed by atoms with E-state index in [0.29, 0.717) is 23.3 Å². The van der Waals surface area contributed by atoms with Gasteiger partial charge >= 0.3 is 0 Å². The van der Waals surface area contributed by atoms with E-state index >= 15 is 0 Å². The van der Waals surface area contributed by atoms with E-state index in [4.69, 9.17) is 11.6 Å². The van der Waals surface area contributed by atoms with Gasteiger partial charge in [0.2, 0.25) is 0 Å². The van der Waals surface area contributed by atoms with Gasteiger partial charge in [-0.2, -0.15) is 5.10 Å². The van der Waals surface area contributed by atoms with Gasteiger partial charge in [0.15, 0.2) is 11.6 Å². The van der Waals surface area contributed by atoms with E-state index in [0.717, 1.165) is 11.3 Å². The highest BCUT2D eigenvalue weighted by Gasteiger charge is 2.17. The highest BCUT2D eigenvalue weighted by molar-refractivity contribution is 6.34. The minimum atomic E-state index is -0.506. The van der Waals surface area contributed by atoms with Gasteiger partial charge in [-0.15, -0.1) is 0 Å². The van der Waals surface area contributed by atoms with Gasteiger partial charge in [0, 0.05) is 17.1 Å². The Morgan fingerprint density at radius 3 is 2.79 bits per heavy atom. The maximum absolute atomic E-state index is 14.6. The molecule has 0 saturated heterocycles. The average molecular weight is 342 g/mol. The number of aromatic amines is 2. The molecule has 120 valence electrons. The third kappa shape index (κ3) is 2.51. The molecule has 4 rings (SSSR count). The van der Waals surface area contributed by atoms with Crippen LogP contribution in [0.15, 0.2) is 48.9 Å². The minimum Gasteiger partial charge on any atom is -0.362 e. The molecule has 0 aliphatic heterocycles. The van der Waals surface area contributed by atoms with Crippen molar-refractivity contribution in [2.24, 2.45) is 0 Å². The number of hydrogen-bond donors (Lipinski definition) is 3. The van der Waals surface area contributed by atoms with Crippen LogP contribution in [0.5, 0.6) is 0 Å². The summed E-state index contributed by atoms with van der Waals surface area (Å²) >= 11 is 6.22. The van der Waals surface area contributed by atoms with Crippen molar-refractivity contribution in [1.29, 1.82) is 0 Å². The molecule has 0 radical (unpaired) electrons. The summed E-state index contributed by atoms with van der Waals surface area (Å²) in [7, 11) is 0. The minimum absolute atomic E-state index is 0.0798. The molecule has 5 nitrogen and oxygen atoms in total. The molecule has 0 unspecified atom stereocenters. The summed E-state index contributed by atoms with van der Waals surface area (Å²) in [5.74, 6) is 0.0501. The second-order valence-electron chi connectivity index (χ2n) is 5.33. The molecule has 0 aliphatic rings. The third-order valence-electron chi connectivity index (χ3n) is 3.82. The van der Waals surface area contributed by atoms with Crippen LogP contribution in [-0.4, -0.2) is 20.2 Å². The number of nitrogens with one attached hydrogen (secondary N) is 3. The van der Waals surface area contributed by atoms with Crippen molar-refractivity contribution >= 4 is 28.3 Å². The van der Waals surface area contributed by atoms with Crippen molar-refractivity contribution in [3.8, 4) is 11.1 Å². The SMILES string of the molecule is Fc1c(Cl)c(-c2ccccc2)cc2c(NCc3c[nH]cn3)n[nH]c12. The molecule has 0 aliphatic carbocycles. The molecular formula is C17H13ClFN5. The zero-order valence-electron chi connectivity index (χ0n) is 12.5. The number of H-pyrrole nitrogens is 2. The lowest BCUT2D eigenvalue weighted by Gasteiger charge is -2.07. The van der Waals surface area contributed by atoms with Crippen LogP contribution in [0, 0.1) is 5.82 Å². The Balaban J connectivity index is 1.78. The maximum Gasteiger partial charge on any atom is 0.168 e. The lowest BCUT2D eigenvalue weighted by atomic mass is 10.0. The zero-order valence-corrected chi connectivity index (χ0v) is 13.2. The van der Waals surface area contributed by atoms with Crippen molar-refractivity contribution in [2.75, 3.05) is 5.32 Å². The summed E-state index contributed by atoms with van der Waals surface area (Å²) in [6.07, 6.45) is 3.39. The second-order valence-corrected chi connectivity index (χ2v) is 5.70. The van der Waals surface area contributed by atoms with E-state index in [9.17, 15) is 4.39 Å². The van der Waals surface area contributed by atoms with E-state index in [1.54, 1.807) is 12.5 Å². The smallest absolute Gasteiger partial charge is 0.168 e. The third-order valence-corrected chi connectivity index (χ3v) is 4.19. The van der Waals surface area contributed by atoms with Crippen LogP contribution in [0.25, 0.3) is 22.0 Å². The number of imidazole rings is 1. The standard InChI is InChI=1S/C17H13ClFN5/c18-14-12(10-4-2-1-3-5-10)6-13-16(15(14)19)23-24-17(13)21-8-11-7-20-9-22-11/h1-7,9H,8H2,(H,20,22)(H2,21,23,24). The van der Waals surface area contributed by atoms with Crippen molar-refractivity contribution in [3.63, 3.8) is 0 Å². The lowest BCUT2D eigenvalue weighted by molar-refractivity contribution is 0.637. The number of hydrogen-bond acceptors (Lipinski definition) is 3. The van der Waals surface area contributed by atoms with Crippen LogP contribution in [0.4, 0.5) is 10.2 Å². The van der Waals surface area contributed by atoms with E-state index in [-0.39, 0.29) is 10.5 Å². The molecule has 4 aromatic rings. The van der Waals surface area contributed by atoms with E-state index in [1.807, 2.05) is 36.4 Å². The van der Waals surface area contributed by atoms with Crippen LogP contribution in [0.3, 0.4) is 0 Å². The van der Waals surface area contributed by atoms with Crippen molar-refractivity contribution in [2.45, 2.75) is 6.54 Å². The summed E-state index contributed by atoms with van der Waals surface area (Å²) in [6.45, 7) is 0.481. The molecule has 2 aromatic carbocycles. The Labute approximate surface area is 141 Å². The Hall–Kier alpha value is -2.86. The molecule has 2 aromatic heterocycles. The quantitative estimate of drug-likeness (QED) is 0.516. The molecule has 0 fully saturated rings.